The Morgan fingerprint density at radius 3 is 3.03 bits per heavy atom. The Bertz CT molecular complexity index is 1480. The molecular weight excluding hydrogens is 440 g/mol. The van der Waals surface area contributed by atoms with Crippen LogP contribution in [0.5, 0.6) is 0 Å². The number of aryl methyl sites for hydroxylation is 1. The van der Waals surface area contributed by atoms with Crippen LogP contribution in [0.4, 0.5) is 17.3 Å². The van der Waals surface area contributed by atoms with Crippen LogP contribution in [0, 0.1) is 5.92 Å². The molecule has 9 nitrogen and oxygen atoms in total. The van der Waals surface area contributed by atoms with Crippen LogP contribution >= 0.6 is 0 Å². The highest BCUT2D eigenvalue weighted by molar-refractivity contribution is 6.06. The quantitative estimate of drug-likeness (QED) is 0.425. The van der Waals surface area contributed by atoms with E-state index < -0.39 is 0 Å². The molecule has 35 heavy (non-hydrogen) atoms. The van der Waals surface area contributed by atoms with E-state index in [9.17, 15) is 4.79 Å². The van der Waals surface area contributed by atoms with Gasteiger partial charge in [0.05, 0.1) is 23.1 Å². The van der Waals surface area contributed by atoms with Crippen molar-refractivity contribution in [1.29, 1.82) is 0 Å². The van der Waals surface area contributed by atoms with Crippen LogP contribution in [-0.2, 0) is 13.6 Å². The summed E-state index contributed by atoms with van der Waals surface area (Å²) < 4.78 is 1.99. The summed E-state index contributed by atoms with van der Waals surface area (Å²) in [6.07, 6.45) is 6.72. The van der Waals surface area contributed by atoms with Gasteiger partial charge >= 0.3 is 0 Å². The number of nitrogens with zero attached hydrogens (tertiary/aromatic N) is 5. The van der Waals surface area contributed by atoms with Crippen LogP contribution in [0.15, 0.2) is 48.9 Å². The minimum absolute atomic E-state index is 0.0971. The number of pyridine rings is 3. The first-order chi connectivity index (χ1) is 17.2. The van der Waals surface area contributed by atoms with E-state index in [-0.39, 0.29) is 5.91 Å². The van der Waals surface area contributed by atoms with E-state index in [0.717, 1.165) is 53.3 Å². The fourth-order valence-corrected chi connectivity index (χ4v) is 5.86. The highest BCUT2D eigenvalue weighted by Gasteiger charge is 2.38. The molecule has 9 heteroatoms. The van der Waals surface area contributed by atoms with Crippen molar-refractivity contribution in [3.05, 3.63) is 60.0 Å². The van der Waals surface area contributed by atoms with Gasteiger partial charge in [0.25, 0.3) is 5.91 Å². The summed E-state index contributed by atoms with van der Waals surface area (Å²) in [5, 5.41) is 10.9. The van der Waals surface area contributed by atoms with E-state index in [1.54, 1.807) is 12.4 Å². The average molecular weight is 467 g/mol. The first kappa shape index (κ1) is 20.4. The lowest BCUT2D eigenvalue weighted by atomic mass is 10.0. The predicted molar refractivity (Wildman–Crippen MR) is 135 cm³/mol. The molecule has 7 heterocycles. The number of amides is 1. The molecule has 0 aromatic carbocycles. The SMILES string of the molecule is Cn1ccc2c(-c3ncc(Nc4cccc(N5CC[C@@H]6CNC[C@@H]65)n4)c4c3CNC4=O)ccnc21. The third-order valence-electron chi connectivity index (χ3n) is 7.59. The smallest absolute Gasteiger partial charge is 0.254 e. The number of carbonyl (C=O) groups excluding carboxylic acids is 1. The summed E-state index contributed by atoms with van der Waals surface area (Å²) in [5.41, 5.74) is 4.87. The molecule has 2 saturated heterocycles. The molecule has 7 rings (SSSR count). The molecule has 0 aliphatic carbocycles. The van der Waals surface area contributed by atoms with Crippen molar-refractivity contribution in [1.82, 2.24) is 30.2 Å². The summed E-state index contributed by atoms with van der Waals surface area (Å²) in [6, 6.07) is 10.5. The molecule has 1 amide bonds. The molecule has 4 aromatic rings. The number of nitrogens with one attached hydrogen (secondary N) is 3. The van der Waals surface area contributed by atoms with Gasteiger partial charge in [0.2, 0.25) is 0 Å². The Morgan fingerprint density at radius 2 is 2.09 bits per heavy atom. The number of rotatable bonds is 4. The van der Waals surface area contributed by atoms with E-state index >= 15 is 0 Å². The number of hydrogen-bond donors (Lipinski definition) is 3. The largest absolute Gasteiger partial charge is 0.352 e. The van der Waals surface area contributed by atoms with Crippen LogP contribution in [-0.4, -0.2) is 51.1 Å². The van der Waals surface area contributed by atoms with Crippen molar-refractivity contribution in [3.8, 4) is 11.3 Å². The highest BCUT2D eigenvalue weighted by atomic mass is 16.1. The van der Waals surface area contributed by atoms with Crippen LogP contribution in [0.2, 0.25) is 0 Å². The van der Waals surface area contributed by atoms with Crippen LogP contribution in [0.3, 0.4) is 0 Å². The molecule has 2 fully saturated rings. The minimum Gasteiger partial charge on any atom is -0.352 e. The number of anilines is 3. The monoisotopic (exact) mass is 466 g/mol. The molecule has 0 unspecified atom stereocenters. The van der Waals surface area contributed by atoms with Crippen molar-refractivity contribution in [2.24, 2.45) is 13.0 Å². The Morgan fingerprint density at radius 1 is 1.14 bits per heavy atom. The molecule has 3 N–H and O–H groups in total. The average Bonchev–Trinajstić information content (AvgIpc) is 3.65. The molecule has 0 radical (unpaired) electrons. The van der Waals surface area contributed by atoms with Gasteiger partial charge in [-0.1, -0.05) is 6.07 Å². The normalized spacial score (nSPS) is 20.8. The second-order valence-corrected chi connectivity index (χ2v) is 9.55. The van der Waals surface area contributed by atoms with Crippen LogP contribution in [0.25, 0.3) is 22.3 Å². The number of hydrogen-bond acceptors (Lipinski definition) is 7. The van der Waals surface area contributed by atoms with Crippen molar-refractivity contribution in [3.63, 3.8) is 0 Å². The van der Waals surface area contributed by atoms with Gasteiger partial charge in [-0.05, 0) is 36.6 Å². The van der Waals surface area contributed by atoms with Crippen molar-refractivity contribution in [2.45, 2.75) is 19.0 Å². The van der Waals surface area contributed by atoms with Crippen LogP contribution in [0.1, 0.15) is 22.3 Å². The fraction of sp³-hybridized carbons (Fsp3) is 0.308. The summed E-state index contributed by atoms with van der Waals surface area (Å²) in [5.74, 6) is 2.28. The lowest BCUT2D eigenvalue weighted by molar-refractivity contribution is 0.0966. The standard InChI is InChI=1S/C26H26N8O/c1-33-9-7-17-16(5-8-28-25(17)33)24-18-12-30-26(35)23(18)19(13-29-24)31-21-3-2-4-22(32-21)34-10-6-15-11-27-14-20(15)34/h2-5,7-9,13,15,20,27H,6,10-12,14H2,1H3,(H,30,35)(H,31,32)/t15-,20+/m1/s1. The first-order valence-corrected chi connectivity index (χ1v) is 12.1. The molecule has 4 aromatic heterocycles. The van der Waals surface area contributed by atoms with Gasteiger partial charge in [-0.25, -0.2) is 9.97 Å². The maximum Gasteiger partial charge on any atom is 0.254 e. The van der Waals surface area contributed by atoms with E-state index in [4.69, 9.17) is 9.97 Å². The highest BCUT2D eigenvalue weighted by Crippen LogP contribution is 2.36. The molecule has 3 aliphatic heterocycles. The summed E-state index contributed by atoms with van der Waals surface area (Å²) in [7, 11) is 1.97. The predicted octanol–water partition coefficient (Wildman–Crippen LogP) is 2.82. The molecular formula is C26H26N8O. The fourth-order valence-electron chi connectivity index (χ4n) is 5.86. The first-order valence-electron chi connectivity index (χ1n) is 12.1. The van der Waals surface area contributed by atoms with Gasteiger partial charge < -0.3 is 25.4 Å². The zero-order valence-corrected chi connectivity index (χ0v) is 19.5. The van der Waals surface area contributed by atoms with E-state index in [1.165, 1.54) is 6.42 Å². The van der Waals surface area contributed by atoms with Gasteiger partial charge in [0.1, 0.15) is 17.3 Å². The van der Waals surface area contributed by atoms with Crippen molar-refractivity contribution >= 4 is 34.3 Å². The van der Waals surface area contributed by atoms with Crippen LogP contribution < -0.4 is 20.9 Å². The van der Waals surface area contributed by atoms with Gasteiger partial charge in [-0.2, -0.15) is 0 Å². The van der Waals surface area contributed by atoms with Gasteiger partial charge in [-0.3, -0.25) is 9.78 Å². The second-order valence-electron chi connectivity index (χ2n) is 9.55. The lowest BCUT2D eigenvalue weighted by Gasteiger charge is -2.25. The number of fused-ring (bicyclic) bond motifs is 3. The zero-order chi connectivity index (χ0) is 23.5. The molecule has 3 aliphatic rings. The molecule has 0 spiro atoms. The maximum atomic E-state index is 12.9. The number of carbonyl (C=O) groups is 1. The van der Waals surface area contributed by atoms with Crippen molar-refractivity contribution in [2.75, 3.05) is 29.9 Å². The Kier molecular flexibility index (Phi) is 4.53. The molecule has 0 saturated carbocycles. The molecule has 0 bridgehead atoms. The van der Waals surface area contributed by atoms with E-state index in [2.05, 4.69) is 31.9 Å². The second kappa shape index (κ2) is 7.78. The van der Waals surface area contributed by atoms with E-state index in [1.807, 2.05) is 42.1 Å². The maximum absolute atomic E-state index is 12.9. The zero-order valence-electron chi connectivity index (χ0n) is 19.5. The molecule has 176 valence electrons. The topological polar surface area (TPSA) is 100 Å². The van der Waals surface area contributed by atoms with Gasteiger partial charge in [0, 0.05) is 68.2 Å². The third kappa shape index (κ3) is 3.19. The van der Waals surface area contributed by atoms with E-state index in [0.29, 0.717) is 35.6 Å². The Labute approximate surface area is 202 Å². The summed E-state index contributed by atoms with van der Waals surface area (Å²) >= 11 is 0. The Hall–Kier alpha value is -3.98. The molecule has 2 atom stereocenters. The van der Waals surface area contributed by atoms with Gasteiger partial charge in [0.15, 0.2) is 0 Å². The number of aromatic nitrogens is 4. The third-order valence-corrected chi connectivity index (χ3v) is 7.59. The van der Waals surface area contributed by atoms with Gasteiger partial charge in [-0.15, -0.1) is 0 Å². The summed E-state index contributed by atoms with van der Waals surface area (Å²) in [6.45, 7) is 3.57. The van der Waals surface area contributed by atoms with Crippen molar-refractivity contribution < 1.29 is 4.79 Å². The lowest BCUT2D eigenvalue weighted by Crippen LogP contribution is -2.34. The Balaban J connectivity index is 1.25. The summed E-state index contributed by atoms with van der Waals surface area (Å²) in [4.78, 5) is 29.5. The minimum atomic E-state index is -0.0971.